The number of piperidine rings is 1. The number of halogens is 1. The Labute approximate surface area is 280 Å². The normalized spacial score (nSPS) is 18.4. The second-order valence-corrected chi connectivity index (χ2v) is 12.1. The van der Waals surface area contributed by atoms with Crippen molar-refractivity contribution in [3.63, 3.8) is 0 Å². The minimum atomic E-state index is -0.389. The Hall–Kier alpha value is -4.73. The number of nitrogens with one attached hydrogen (secondary N) is 1. The lowest BCUT2D eigenvalue weighted by Crippen LogP contribution is -2.61. The first-order valence-electron chi connectivity index (χ1n) is 15.8. The Morgan fingerprint density at radius 3 is 2.23 bits per heavy atom. The third kappa shape index (κ3) is 7.48. The molecular weight excluding hydrogens is 616 g/mol. The van der Waals surface area contributed by atoms with Gasteiger partial charge >= 0.3 is 12.0 Å². The predicted octanol–water partition coefficient (Wildman–Crippen LogP) is 6.68. The number of piperazine rings is 1. The molecule has 4 aromatic rings. The Bertz CT molecular complexity index is 1700. The average Bonchev–Trinajstić information content (AvgIpc) is 3.12. The highest BCUT2D eigenvalue weighted by Crippen LogP contribution is 2.31. The van der Waals surface area contributed by atoms with E-state index in [1.54, 1.807) is 43.4 Å². The number of hydrogen-bond acceptors (Lipinski definition) is 7. The Morgan fingerprint density at radius 1 is 0.766 bits per heavy atom. The van der Waals surface area contributed by atoms with Crippen LogP contribution in [0.3, 0.4) is 0 Å². The zero-order chi connectivity index (χ0) is 32.8. The first-order chi connectivity index (χ1) is 22.9. The van der Waals surface area contributed by atoms with Gasteiger partial charge in [-0.25, -0.2) is 9.59 Å². The van der Waals surface area contributed by atoms with E-state index < -0.39 is 0 Å². The molecule has 4 aromatic carbocycles. The number of amides is 2. The van der Waals surface area contributed by atoms with Gasteiger partial charge in [0.05, 0.1) is 36.5 Å². The summed E-state index contributed by atoms with van der Waals surface area (Å²) in [7, 11) is 3.23. The number of esters is 1. The predicted molar refractivity (Wildman–Crippen MR) is 185 cm³/mol. The van der Waals surface area contributed by atoms with Crippen molar-refractivity contribution in [1.82, 2.24) is 9.80 Å². The average molecular weight is 655 g/mol. The number of likely N-dealkylation sites (tertiary alicyclic amines) is 1. The molecule has 2 heterocycles. The van der Waals surface area contributed by atoms with Gasteiger partial charge in [-0.2, -0.15) is 0 Å². The number of carbonyl (C=O) groups excluding carboxylic acids is 2. The smallest absolute Gasteiger partial charge is 0.338 e. The first kappa shape index (κ1) is 32.2. The maximum absolute atomic E-state index is 13.6. The summed E-state index contributed by atoms with van der Waals surface area (Å²) < 4.78 is 17.1. The molecule has 9 nitrogen and oxygen atoms in total. The summed E-state index contributed by atoms with van der Waals surface area (Å²) >= 11 is 6.30. The van der Waals surface area contributed by atoms with E-state index in [1.165, 1.54) is 0 Å². The largest absolute Gasteiger partial charge is 0.495 e. The van der Waals surface area contributed by atoms with Gasteiger partial charge in [-0.3, -0.25) is 4.90 Å². The van der Waals surface area contributed by atoms with Crippen molar-refractivity contribution in [1.29, 1.82) is 0 Å². The molecule has 0 spiro atoms. The molecular formula is C37H39ClN4O5. The summed E-state index contributed by atoms with van der Waals surface area (Å²) in [5, 5.41) is 3.39. The Morgan fingerprint density at radius 2 is 1.49 bits per heavy atom. The van der Waals surface area contributed by atoms with Gasteiger partial charge in [0.1, 0.15) is 17.6 Å². The SMILES string of the molecule is COc1ccc(NC(=O)N2CC[C@@H](OC(=O)c3cccc(-c4ccccc4)c3)[C@H](N3CCN(c4ccccc4OC)CC3)C2)cc1Cl. The lowest BCUT2D eigenvalue weighted by Gasteiger charge is -2.46. The molecule has 6 rings (SSSR count). The lowest BCUT2D eigenvalue weighted by molar-refractivity contribution is -0.0290. The summed E-state index contributed by atoms with van der Waals surface area (Å²) in [5.74, 6) is 1.01. The number of carbonyl (C=O) groups is 2. The molecule has 2 saturated heterocycles. The quantitative estimate of drug-likeness (QED) is 0.212. The zero-order valence-electron chi connectivity index (χ0n) is 26.6. The van der Waals surface area contributed by atoms with E-state index in [0.717, 1.165) is 48.7 Å². The monoisotopic (exact) mass is 654 g/mol. The van der Waals surface area contributed by atoms with E-state index >= 15 is 0 Å². The van der Waals surface area contributed by atoms with Crippen LogP contribution in [0.25, 0.3) is 11.1 Å². The molecule has 10 heteroatoms. The lowest BCUT2D eigenvalue weighted by atomic mass is 9.99. The van der Waals surface area contributed by atoms with Crippen molar-refractivity contribution < 1.29 is 23.8 Å². The fraction of sp³-hybridized carbons (Fsp3) is 0.297. The fourth-order valence-electron chi connectivity index (χ4n) is 6.38. The summed E-state index contributed by atoms with van der Waals surface area (Å²) in [5.41, 5.74) is 4.12. The highest BCUT2D eigenvalue weighted by atomic mass is 35.5. The van der Waals surface area contributed by atoms with Crippen molar-refractivity contribution in [2.45, 2.75) is 18.6 Å². The highest BCUT2D eigenvalue weighted by Gasteiger charge is 2.39. The molecule has 2 atom stereocenters. The Kier molecular flexibility index (Phi) is 10.1. The van der Waals surface area contributed by atoms with Crippen molar-refractivity contribution in [2.75, 3.05) is 63.7 Å². The summed E-state index contributed by atoms with van der Waals surface area (Å²) in [6.07, 6.45) is 0.123. The number of anilines is 2. The van der Waals surface area contributed by atoms with E-state index in [0.29, 0.717) is 41.5 Å². The van der Waals surface area contributed by atoms with Crippen molar-refractivity contribution >= 4 is 35.0 Å². The van der Waals surface area contributed by atoms with E-state index in [-0.39, 0.29) is 24.1 Å². The maximum Gasteiger partial charge on any atom is 0.338 e. The molecule has 0 bridgehead atoms. The second-order valence-electron chi connectivity index (χ2n) is 11.7. The number of hydrogen-bond donors (Lipinski definition) is 1. The van der Waals surface area contributed by atoms with E-state index in [2.05, 4.69) is 21.2 Å². The number of benzene rings is 4. The van der Waals surface area contributed by atoms with Crippen LogP contribution in [0.2, 0.25) is 5.02 Å². The number of para-hydroxylation sites is 2. The molecule has 1 N–H and O–H groups in total. The number of nitrogens with zero attached hydrogens (tertiary/aromatic N) is 3. The van der Waals surface area contributed by atoms with Crippen molar-refractivity contribution in [2.24, 2.45) is 0 Å². The van der Waals surface area contributed by atoms with Crippen LogP contribution in [0.5, 0.6) is 11.5 Å². The number of methoxy groups -OCH3 is 2. The van der Waals surface area contributed by atoms with Crippen LogP contribution in [0, 0.1) is 0 Å². The first-order valence-corrected chi connectivity index (χ1v) is 16.2. The van der Waals surface area contributed by atoms with Gasteiger partial charge in [0.25, 0.3) is 0 Å². The molecule has 2 amide bonds. The van der Waals surface area contributed by atoms with E-state index in [9.17, 15) is 9.59 Å². The van der Waals surface area contributed by atoms with Crippen LogP contribution in [0.1, 0.15) is 16.8 Å². The molecule has 2 aliphatic rings. The van der Waals surface area contributed by atoms with Gasteiger partial charge in [0, 0.05) is 51.4 Å². The molecule has 2 aliphatic heterocycles. The number of urea groups is 1. The van der Waals surface area contributed by atoms with Crippen LogP contribution in [0.4, 0.5) is 16.2 Å². The van der Waals surface area contributed by atoms with Gasteiger partial charge < -0.3 is 29.3 Å². The van der Waals surface area contributed by atoms with Crippen LogP contribution in [-0.4, -0.2) is 87.4 Å². The van der Waals surface area contributed by atoms with Gasteiger partial charge in [-0.1, -0.05) is 66.2 Å². The van der Waals surface area contributed by atoms with Gasteiger partial charge in [0.15, 0.2) is 0 Å². The summed E-state index contributed by atoms with van der Waals surface area (Å²) in [4.78, 5) is 33.5. The van der Waals surface area contributed by atoms with Crippen LogP contribution in [-0.2, 0) is 4.74 Å². The topological polar surface area (TPSA) is 83.6 Å². The summed E-state index contributed by atoms with van der Waals surface area (Å²) in [6, 6.07) is 30.3. The molecule has 244 valence electrons. The molecule has 0 aliphatic carbocycles. The van der Waals surface area contributed by atoms with Gasteiger partial charge in [0.2, 0.25) is 0 Å². The third-order valence-corrected chi connectivity index (χ3v) is 9.18. The van der Waals surface area contributed by atoms with E-state index in [1.807, 2.05) is 66.7 Å². The van der Waals surface area contributed by atoms with Crippen LogP contribution in [0.15, 0.2) is 97.1 Å². The molecule has 0 radical (unpaired) electrons. The minimum Gasteiger partial charge on any atom is -0.495 e. The highest BCUT2D eigenvalue weighted by molar-refractivity contribution is 6.32. The molecule has 2 fully saturated rings. The van der Waals surface area contributed by atoms with Crippen LogP contribution >= 0.6 is 11.6 Å². The van der Waals surface area contributed by atoms with Crippen LogP contribution < -0.4 is 19.7 Å². The maximum atomic E-state index is 13.6. The molecule has 0 saturated carbocycles. The van der Waals surface area contributed by atoms with Crippen molar-refractivity contribution in [3.8, 4) is 22.6 Å². The zero-order valence-corrected chi connectivity index (χ0v) is 27.4. The molecule has 47 heavy (non-hydrogen) atoms. The Balaban J connectivity index is 1.18. The van der Waals surface area contributed by atoms with Gasteiger partial charge in [-0.15, -0.1) is 0 Å². The third-order valence-electron chi connectivity index (χ3n) is 8.88. The minimum absolute atomic E-state index is 0.185. The van der Waals surface area contributed by atoms with E-state index in [4.69, 9.17) is 25.8 Å². The number of ether oxygens (including phenoxy) is 3. The second kappa shape index (κ2) is 14.8. The fourth-order valence-corrected chi connectivity index (χ4v) is 6.63. The molecule has 0 aromatic heterocycles. The summed E-state index contributed by atoms with van der Waals surface area (Å²) in [6.45, 7) is 3.87. The standard InChI is InChI=1S/C37H39ClN4O5/c1-45-33-16-15-29(24-30(33)38)39-37(44)42-18-17-35(47-36(43)28-12-8-11-27(23-28)26-9-4-3-5-10-26)32(25-42)41-21-19-40(20-22-41)31-13-6-7-14-34(31)46-2/h3-16,23-24,32,35H,17-22,25H2,1-2H3,(H,39,44)/t32-,35-/m1/s1. The van der Waals surface area contributed by atoms with Gasteiger partial charge in [-0.05, 0) is 53.6 Å². The van der Waals surface area contributed by atoms with Crippen molar-refractivity contribution in [3.05, 3.63) is 108 Å². The molecule has 0 unspecified atom stereocenters. The number of rotatable bonds is 8.